The van der Waals surface area contributed by atoms with Gasteiger partial charge in [0.2, 0.25) is 5.12 Å². The van der Waals surface area contributed by atoms with E-state index in [1.807, 2.05) is 68.5 Å². The molecule has 0 bridgehead atoms. The van der Waals surface area contributed by atoms with Crippen LogP contribution in [-0.2, 0) is 4.79 Å². The van der Waals surface area contributed by atoms with Crippen molar-refractivity contribution in [2.24, 2.45) is 0 Å². The van der Waals surface area contributed by atoms with E-state index in [1.165, 1.54) is 17.3 Å². The van der Waals surface area contributed by atoms with Crippen LogP contribution in [0.3, 0.4) is 0 Å². The van der Waals surface area contributed by atoms with Crippen LogP contribution in [0.2, 0.25) is 0 Å². The second-order valence-corrected chi connectivity index (χ2v) is 5.29. The standard InChI is InChI=1S/C15H14O2S.C4H8.CH4/c1-18-15(16)11-17-14-9-7-13(8-10-14)12-5-3-2-4-6-12;1-3-4-2;/h2-10H,11H2,1H3;3-4H,1-2H3;1H4/b;4-3-;. The van der Waals surface area contributed by atoms with Crippen LogP contribution in [0.25, 0.3) is 11.1 Å². The number of thioether (sulfide) groups is 1. The normalized spacial score (nSPS) is 9.52. The number of rotatable bonds is 4. The molecule has 0 atom stereocenters. The van der Waals surface area contributed by atoms with Gasteiger partial charge < -0.3 is 4.74 Å². The zero-order valence-corrected chi connectivity index (χ0v) is 14.1. The largest absolute Gasteiger partial charge is 0.485 e. The summed E-state index contributed by atoms with van der Waals surface area (Å²) in [5.41, 5.74) is 2.31. The van der Waals surface area contributed by atoms with Crippen LogP contribution in [0.15, 0.2) is 66.7 Å². The van der Waals surface area contributed by atoms with Crippen molar-refractivity contribution in [2.75, 3.05) is 12.9 Å². The molecule has 0 unspecified atom stereocenters. The lowest BCUT2D eigenvalue weighted by Gasteiger charge is -2.06. The Balaban J connectivity index is 0.000000871. The summed E-state index contributed by atoms with van der Waals surface area (Å²) < 4.78 is 5.38. The Kier molecular flexibility index (Phi) is 11.4. The molecule has 0 aliphatic heterocycles. The van der Waals surface area contributed by atoms with Crippen LogP contribution in [0.4, 0.5) is 0 Å². The number of carbonyl (C=O) groups is 1. The van der Waals surface area contributed by atoms with E-state index in [0.29, 0.717) is 0 Å². The van der Waals surface area contributed by atoms with E-state index in [2.05, 4.69) is 12.1 Å². The summed E-state index contributed by atoms with van der Waals surface area (Å²) >= 11 is 1.18. The van der Waals surface area contributed by atoms with Crippen LogP contribution in [-0.4, -0.2) is 18.0 Å². The van der Waals surface area contributed by atoms with Gasteiger partial charge in [0, 0.05) is 0 Å². The molecular formula is C20H26O2S. The molecule has 2 nitrogen and oxygen atoms in total. The molecule has 0 spiro atoms. The van der Waals surface area contributed by atoms with Crippen molar-refractivity contribution in [2.45, 2.75) is 21.3 Å². The van der Waals surface area contributed by atoms with Gasteiger partial charge in [-0.15, -0.1) is 0 Å². The molecule has 0 radical (unpaired) electrons. The van der Waals surface area contributed by atoms with Crippen molar-refractivity contribution in [3.05, 3.63) is 66.7 Å². The highest BCUT2D eigenvalue weighted by Gasteiger charge is 2.01. The fourth-order valence-corrected chi connectivity index (χ4v) is 1.75. The van der Waals surface area contributed by atoms with E-state index in [1.54, 1.807) is 6.26 Å². The zero-order chi connectivity index (χ0) is 16.2. The first-order valence-corrected chi connectivity index (χ1v) is 8.36. The van der Waals surface area contributed by atoms with Crippen molar-refractivity contribution >= 4 is 16.9 Å². The van der Waals surface area contributed by atoms with Gasteiger partial charge in [-0.05, 0) is 43.4 Å². The van der Waals surface area contributed by atoms with E-state index in [0.717, 1.165) is 11.3 Å². The first-order chi connectivity index (χ1) is 10.7. The van der Waals surface area contributed by atoms with Gasteiger partial charge in [-0.1, -0.05) is 73.8 Å². The molecule has 2 rings (SSSR count). The quantitative estimate of drug-likeness (QED) is 0.659. The maximum atomic E-state index is 11.1. The molecule has 0 saturated heterocycles. The molecule has 0 fully saturated rings. The molecule has 3 heteroatoms. The third-order valence-corrected chi connectivity index (χ3v) is 3.45. The van der Waals surface area contributed by atoms with Gasteiger partial charge in [0.1, 0.15) is 5.75 Å². The first kappa shape index (κ1) is 21.0. The molecule has 124 valence electrons. The third-order valence-electron chi connectivity index (χ3n) is 2.88. The Hall–Kier alpha value is -2.00. The van der Waals surface area contributed by atoms with Gasteiger partial charge in [0.25, 0.3) is 0 Å². The lowest BCUT2D eigenvalue weighted by Crippen LogP contribution is -2.06. The Bertz CT molecular complexity index is 570. The van der Waals surface area contributed by atoms with E-state index >= 15 is 0 Å². The zero-order valence-electron chi connectivity index (χ0n) is 13.3. The van der Waals surface area contributed by atoms with Crippen LogP contribution in [0.5, 0.6) is 5.75 Å². The summed E-state index contributed by atoms with van der Waals surface area (Å²) in [7, 11) is 0. The summed E-state index contributed by atoms with van der Waals surface area (Å²) in [5.74, 6) is 0.720. The lowest BCUT2D eigenvalue weighted by atomic mass is 10.1. The van der Waals surface area contributed by atoms with Gasteiger partial charge in [-0.25, -0.2) is 0 Å². The Morgan fingerprint density at radius 3 is 1.96 bits per heavy atom. The van der Waals surface area contributed by atoms with Gasteiger partial charge in [0.05, 0.1) is 0 Å². The molecule has 2 aromatic rings. The molecule has 0 saturated carbocycles. The van der Waals surface area contributed by atoms with Crippen molar-refractivity contribution in [3.63, 3.8) is 0 Å². The predicted molar refractivity (Wildman–Crippen MR) is 103 cm³/mol. The van der Waals surface area contributed by atoms with Crippen molar-refractivity contribution in [1.82, 2.24) is 0 Å². The van der Waals surface area contributed by atoms with Crippen LogP contribution in [0, 0.1) is 0 Å². The van der Waals surface area contributed by atoms with Gasteiger partial charge in [0.15, 0.2) is 6.61 Å². The summed E-state index contributed by atoms with van der Waals surface area (Å²) in [6, 6.07) is 17.9. The van der Waals surface area contributed by atoms with Crippen molar-refractivity contribution in [3.8, 4) is 16.9 Å². The molecule has 0 aliphatic carbocycles. The highest BCUT2D eigenvalue weighted by atomic mass is 32.2. The van der Waals surface area contributed by atoms with Crippen LogP contribution in [0.1, 0.15) is 21.3 Å². The molecule has 23 heavy (non-hydrogen) atoms. The third kappa shape index (κ3) is 8.27. The van der Waals surface area contributed by atoms with Crippen molar-refractivity contribution in [1.29, 1.82) is 0 Å². The minimum Gasteiger partial charge on any atom is -0.485 e. The van der Waals surface area contributed by atoms with E-state index in [-0.39, 0.29) is 19.1 Å². The lowest BCUT2D eigenvalue weighted by molar-refractivity contribution is -0.112. The maximum Gasteiger partial charge on any atom is 0.226 e. The number of hydrogen-bond donors (Lipinski definition) is 0. The number of carbonyl (C=O) groups excluding carboxylic acids is 1. The summed E-state index contributed by atoms with van der Waals surface area (Å²) in [6.45, 7) is 4.12. The fraction of sp³-hybridized carbons (Fsp3) is 0.250. The van der Waals surface area contributed by atoms with Gasteiger partial charge in [-0.3, -0.25) is 4.79 Å². The number of allylic oxidation sites excluding steroid dienone is 2. The highest BCUT2D eigenvalue weighted by Crippen LogP contribution is 2.22. The average Bonchev–Trinajstić information content (AvgIpc) is 2.61. The average molecular weight is 330 g/mol. The Labute approximate surface area is 144 Å². The van der Waals surface area contributed by atoms with Gasteiger partial charge >= 0.3 is 0 Å². The fourth-order valence-electron chi connectivity index (χ4n) is 1.58. The first-order valence-electron chi connectivity index (χ1n) is 7.13. The smallest absolute Gasteiger partial charge is 0.226 e. The summed E-state index contributed by atoms with van der Waals surface area (Å²) in [6.07, 6.45) is 5.75. The molecule has 0 aromatic heterocycles. The summed E-state index contributed by atoms with van der Waals surface area (Å²) in [4.78, 5) is 11.1. The van der Waals surface area contributed by atoms with Crippen LogP contribution < -0.4 is 4.74 Å². The summed E-state index contributed by atoms with van der Waals surface area (Å²) in [5, 5.41) is 0.0298. The minimum atomic E-state index is 0. The van der Waals surface area contributed by atoms with E-state index in [4.69, 9.17) is 4.74 Å². The minimum absolute atomic E-state index is 0. The van der Waals surface area contributed by atoms with E-state index < -0.39 is 0 Å². The van der Waals surface area contributed by atoms with Crippen molar-refractivity contribution < 1.29 is 9.53 Å². The highest BCUT2D eigenvalue weighted by molar-refractivity contribution is 8.13. The second kappa shape index (κ2) is 12.5. The molecule has 0 amide bonds. The van der Waals surface area contributed by atoms with E-state index in [9.17, 15) is 4.79 Å². The number of hydrogen-bond acceptors (Lipinski definition) is 3. The molecule has 0 aliphatic rings. The molecule has 0 N–H and O–H groups in total. The second-order valence-electron chi connectivity index (χ2n) is 4.42. The van der Waals surface area contributed by atoms with Gasteiger partial charge in [-0.2, -0.15) is 0 Å². The van der Waals surface area contributed by atoms with Crippen LogP contribution >= 0.6 is 11.8 Å². The number of ether oxygens (including phenoxy) is 1. The maximum absolute atomic E-state index is 11.1. The molecule has 2 aromatic carbocycles. The Morgan fingerprint density at radius 1 is 0.957 bits per heavy atom. The monoisotopic (exact) mass is 330 g/mol. The molecule has 0 heterocycles. The molecular weight excluding hydrogens is 304 g/mol. The predicted octanol–water partition coefficient (Wildman–Crippen LogP) is 5.84. The topological polar surface area (TPSA) is 26.3 Å². The Morgan fingerprint density at radius 2 is 1.48 bits per heavy atom. The SMILES string of the molecule is C.C/C=C\C.CSC(=O)COc1ccc(-c2ccccc2)cc1. The number of benzene rings is 2.